The fourth-order valence-corrected chi connectivity index (χ4v) is 2.73. The van der Waals surface area contributed by atoms with E-state index in [-0.39, 0.29) is 5.75 Å². The highest BCUT2D eigenvalue weighted by Crippen LogP contribution is 2.33. The molecule has 0 aliphatic heterocycles. The van der Waals surface area contributed by atoms with Crippen LogP contribution in [0.1, 0.15) is 0 Å². The fourth-order valence-electron chi connectivity index (χ4n) is 2.73. The Bertz CT molecular complexity index is 993. The highest BCUT2D eigenvalue weighted by molar-refractivity contribution is 5.84. The largest absolute Gasteiger partial charge is 0.507 e. The van der Waals surface area contributed by atoms with Gasteiger partial charge in [0.15, 0.2) is 0 Å². The minimum Gasteiger partial charge on any atom is -0.507 e. The Hall–Kier alpha value is -3.14. The number of para-hydroxylation sites is 3. The highest BCUT2D eigenvalue weighted by Gasteiger charge is 2.17. The van der Waals surface area contributed by atoms with Crippen molar-refractivity contribution in [1.29, 1.82) is 0 Å². The van der Waals surface area contributed by atoms with Gasteiger partial charge < -0.3 is 5.11 Å². The molecular weight excluding hydrogens is 291 g/mol. The Balaban J connectivity index is 2.09. The SMILES string of the molecule is Oc1ccc(F)cc1-c1nc2ccccc2n1-c1ccccc1. The summed E-state index contributed by atoms with van der Waals surface area (Å²) in [7, 11) is 0. The summed E-state index contributed by atoms with van der Waals surface area (Å²) < 4.78 is 15.6. The van der Waals surface area contributed by atoms with Gasteiger partial charge in [-0.25, -0.2) is 9.37 Å². The number of halogens is 1. The first-order chi connectivity index (χ1) is 11.2. The van der Waals surface area contributed by atoms with Gasteiger partial charge >= 0.3 is 0 Å². The van der Waals surface area contributed by atoms with Crippen molar-refractivity contribution in [3.05, 3.63) is 78.6 Å². The number of phenolic OH excluding ortho intramolecular Hbond substituents is 1. The fraction of sp³-hybridized carbons (Fsp3) is 0. The van der Waals surface area contributed by atoms with Crippen molar-refractivity contribution in [2.45, 2.75) is 0 Å². The highest BCUT2D eigenvalue weighted by atomic mass is 19.1. The van der Waals surface area contributed by atoms with Crippen molar-refractivity contribution < 1.29 is 9.50 Å². The minimum absolute atomic E-state index is 0.00103. The van der Waals surface area contributed by atoms with Crippen LogP contribution in [0, 0.1) is 5.82 Å². The second-order valence-corrected chi connectivity index (χ2v) is 5.26. The van der Waals surface area contributed by atoms with Gasteiger partial charge in [-0.15, -0.1) is 0 Å². The van der Waals surface area contributed by atoms with Gasteiger partial charge in [0.1, 0.15) is 17.4 Å². The third-order valence-electron chi connectivity index (χ3n) is 3.77. The van der Waals surface area contributed by atoms with Crippen LogP contribution < -0.4 is 0 Å². The summed E-state index contributed by atoms with van der Waals surface area (Å²) in [5, 5.41) is 10.2. The number of aromatic nitrogens is 2. The second kappa shape index (κ2) is 5.25. The molecule has 112 valence electrons. The van der Waals surface area contributed by atoms with E-state index in [0.717, 1.165) is 16.7 Å². The maximum absolute atomic E-state index is 13.7. The predicted molar refractivity (Wildman–Crippen MR) is 88.1 cm³/mol. The van der Waals surface area contributed by atoms with Crippen molar-refractivity contribution in [2.75, 3.05) is 0 Å². The summed E-state index contributed by atoms with van der Waals surface area (Å²) in [5.41, 5.74) is 2.96. The third kappa shape index (κ3) is 2.25. The smallest absolute Gasteiger partial charge is 0.149 e. The van der Waals surface area contributed by atoms with Gasteiger partial charge in [0, 0.05) is 5.69 Å². The maximum atomic E-state index is 13.7. The van der Waals surface area contributed by atoms with Gasteiger partial charge in [-0.1, -0.05) is 30.3 Å². The third-order valence-corrected chi connectivity index (χ3v) is 3.77. The molecule has 4 rings (SSSR count). The van der Waals surface area contributed by atoms with E-state index in [1.54, 1.807) is 0 Å². The molecule has 0 atom stereocenters. The molecule has 1 aromatic heterocycles. The first-order valence-electron chi connectivity index (χ1n) is 7.26. The Kier molecular flexibility index (Phi) is 3.08. The standard InChI is InChI=1S/C19H13FN2O/c20-13-10-11-18(23)15(12-13)19-21-16-8-4-5-9-17(16)22(19)14-6-2-1-3-7-14/h1-12,23H. The van der Waals surface area contributed by atoms with Gasteiger partial charge in [0.25, 0.3) is 0 Å². The summed E-state index contributed by atoms with van der Waals surface area (Å²) >= 11 is 0. The van der Waals surface area contributed by atoms with Crippen molar-refractivity contribution in [2.24, 2.45) is 0 Å². The van der Waals surface area contributed by atoms with Crippen molar-refractivity contribution in [3.63, 3.8) is 0 Å². The number of phenols is 1. The zero-order valence-corrected chi connectivity index (χ0v) is 12.1. The van der Waals surface area contributed by atoms with Crippen LogP contribution in [0.2, 0.25) is 0 Å². The van der Waals surface area contributed by atoms with Crippen molar-refractivity contribution >= 4 is 11.0 Å². The molecule has 0 spiro atoms. The lowest BCUT2D eigenvalue weighted by atomic mass is 10.1. The van der Waals surface area contributed by atoms with Crippen molar-refractivity contribution in [1.82, 2.24) is 9.55 Å². The van der Waals surface area contributed by atoms with Crippen LogP contribution in [0.3, 0.4) is 0 Å². The molecule has 23 heavy (non-hydrogen) atoms. The van der Waals surface area contributed by atoms with Crippen LogP contribution in [-0.2, 0) is 0 Å². The minimum atomic E-state index is -0.413. The van der Waals surface area contributed by atoms with E-state index in [1.807, 2.05) is 59.2 Å². The number of hydrogen-bond acceptors (Lipinski definition) is 2. The molecule has 4 aromatic rings. The molecule has 3 aromatic carbocycles. The Morgan fingerprint density at radius 2 is 1.61 bits per heavy atom. The Morgan fingerprint density at radius 1 is 0.870 bits per heavy atom. The van der Waals surface area contributed by atoms with E-state index in [0.29, 0.717) is 11.4 Å². The second-order valence-electron chi connectivity index (χ2n) is 5.26. The van der Waals surface area contributed by atoms with E-state index in [1.165, 1.54) is 18.2 Å². The summed E-state index contributed by atoms with van der Waals surface area (Å²) in [6.45, 7) is 0. The van der Waals surface area contributed by atoms with Crippen LogP contribution >= 0.6 is 0 Å². The molecule has 0 amide bonds. The molecule has 3 nitrogen and oxygen atoms in total. The number of rotatable bonds is 2. The van der Waals surface area contributed by atoms with E-state index < -0.39 is 5.82 Å². The molecule has 1 heterocycles. The average Bonchev–Trinajstić information content (AvgIpc) is 2.97. The monoisotopic (exact) mass is 304 g/mol. The molecule has 0 aliphatic rings. The van der Waals surface area contributed by atoms with E-state index in [4.69, 9.17) is 0 Å². The van der Waals surface area contributed by atoms with Gasteiger partial charge in [-0.2, -0.15) is 0 Å². The first-order valence-corrected chi connectivity index (χ1v) is 7.26. The molecule has 1 N–H and O–H groups in total. The van der Waals surface area contributed by atoms with Crippen molar-refractivity contribution in [3.8, 4) is 22.8 Å². The van der Waals surface area contributed by atoms with Gasteiger partial charge in [-0.3, -0.25) is 4.57 Å². The van der Waals surface area contributed by atoms with Crippen LogP contribution in [0.25, 0.3) is 28.1 Å². The summed E-state index contributed by atoms with van der Waals surface area (Å²) in [6, 6.07) is 21.3. The quantitative estimate of drug-likeness (QED) is 0.590. The van der Waals surface area contributed by atoms with Crippen LogP contribution in [-0.4, -0.2) is 14.7 Å². The number of benzene rings is 3. The van der Waals surface area contributed by atoms with Gasteiger partial charge in [-0.05, 0) is 42.5 Å². The number of nitrogens with zero attached hydrogens (tertiary/aromatic N) is 2. The lowest BCUT2D eigenvalue weighted by Gasteiger charge is -2.10. The normalized spacial score (nSPS) is 11.0. The lowest BCUT2D eigenvalue weighted by Crippen LogP contribution is -1.97. The molecule has 0 bridgehead atoms. The average molecular weight is 304 g/mol. The van der Waals surface area contributed by atoms with Crippen LogP contribution in [0.4, 0.5) is 4.39 Å². The van der Waals surface area contributed by atoms with E-state index in [2.05, 4.69) is 4.98 Å². The summed E-state index contributed by atoms with van der Waals surface area (Å²) in [5.74, 6) is 0.0951. The zero-order valence-electron chi connectivity index (χ0n) is 12.1. The molecule has 0 unspecified atom stereocenters. The summed E-state index contributed by atoms with van der Waals surface area (Å²) in [4.78, 5) is 4.60. The molecule has 0 fully saturated rings. The molecule has 0 saturated heterocycles. The van der Waals surface area contributed by atoms with Crippen LogP contribution in [0.15, 0.2) is 72.8 Å². The number of fused-ring (bicyclic) bond motifs is 1. The van der Waals surface area contributed by atoms with E-state index in [9.17, 15) is 9.50 Å². The predicted octanol–water partition coefficient (Wildman–Crippen LogP) is 4.54. The molecule has 0 radical (unpaired) electrons. The van der Waals surface area contributed by atoms with Gasteiger partial charge in [0.2, 0.25) is 0 Å². The molecular formula is C19H13FN2O. The number of hydrogen-bond donors (Lipinski definition) is 1. The first kappa shape index (κ1) is 13.5. The maximum Gasteiger partial charge on any atom is 0.149 e. The lowest BCUT2D eigenvalue weighted by molar-refractivity contribution is 0.474. The molecule has 4 heteroatoms. The summed E-state index contributed by atoms with van der Waals surface area (Å²) in [6.07, 6.45) is 0. The van der Waals surface area contributed by atoms with Gasteiger partial charge in [0.05, 0.1) is 16.6 Å². The number of imidazole rings is 1. The van der Waals surface area contributed by atoms with E-state index >= 15 is 0 Å². The molecule has 0 saturated carbocycles. The number of aromatic hydroxyl groups is 1. The zero-order chi connectivity index (χ0) is 15.8. The van der Waals surface area contributed by atoms with Crippen LogP contribution in [0.5, 0.6) is 5.75 Å². The Morgan fingerprint density at radius 3 is 2.43 bits per heavy atom. The Labute approximate surface area is 132 Å². The topological polar surface area (TPSA) is 38.1 Å². The molecule has 0 aliphatic carbocycles.